The predicted octanol–water partition coefficient (Wildman–Crippen LogP) is 1.94. The molecule has 1 aliphatic carbocycles. The topological polar surface area (TPSA) is 29.3 Å². The van der Waals surface area contributed by atoms with Crippen molar-refractivity contribution in [2.45, 2.75) is 37.8 Å². The van der Waals surface area contributed by atoms with Crippen molar-refractivity contribution < 1.29 is 0 Å². The molecule has 0 radical (unpaired) electrons. The molecule has 0 bridgehead atoms. The summed E-state index contributed by atoms with van der Waals surface area (Å²) in [7, 11) is 2.15. The molecule has 0 saturated heterocycles. The number of nitrogens with zero attached hydrogens (tertiary/aromatic N) is 1. The largest absolute Gasteiger partial charge is 0.328 e. The SMILES string of the molecule is CN(CC=CCl)C1CCC(N)CC1. The molecule has 0 unspecified atom stereocenters. The Morgan fingerprint density at radius 3 is 2.54 bits per heavy atom. The average molecular weight is 203 g/mol. The van der Waals surface area contributed by atoms with Crippen molar-refractivity contribution in [2.75, 3.05) is 13.6 Å². The Bertz CT molecular complexity index is 162. The Morgan fingerprint density at radius 1 is 1.38 bits per heavy atom. The molecule has 0 aromatic heterocycles. The number of nitrogens with two attached hydrogens (primary N) is 1. The summed E-state index contributed by atoms with van der Waals surface area (Å²) in [6, 6.07) is 1.14. The maximum atomic E-state index is 5.84. The van der Waals surface area contributed by atoms with Crippen molar-refractivity contribution in [3.63, 3.8) is 0 Å². The second-order valence-corrected chi connectivity index (χ2v) is 4.12. The van der Waals surface area contributed by atoms with Crippen molar-refractivity contribution in [3.8, 4) is 0 Å². The van der Waals surface area contributed by atoms with E-state index >= 15 is 0 Å². The molecular weight excluding hydrogens is 184 g/mol. The molecule has 2 N–H and O–H groups in total. The minimum Gasteiger partial charge on any atom is -0.328 e. The molecule has 0 aliphatic heterocycles. The average Bonchev–Trinajstić information content (AvgIpc) is 2.15. The van der Waals surface area contributed by atoms with E-state index in [0.29, 0.717) is 12.1 Å². The van der Waals surface area contributed by atoms with Crippen LogP contribution in [0.4, 0.5) is 0 Å². The van der Waals surface area contributed by atoms with Gasteiger partial charge in [-0.15, -0.1) is 0 Å². The first kappa shape index (κ1) is 11.0. The van der Waals surface area contributed by atoms with Gasteiger partial charge in [-0.1, -0.05) is 17.7 Å². The fourth-order valence-corrected chi connectivity index (χ4v) is 1.98. The van der Waals surface area contributed by atoms with Crippen LogP contribution in [0.3, 0.4) is 0 Å². The van der Waals surface area contributed by atoms with Gasteiger partial charge in [-0.3, -0.25) is 4.90 Å². The molecule has 2 nitrogen and oxygen atoms in total. The summed E-state index contributed by atoms with van der Waals surface area (Å²) < 4.78 is 0. The van der Waals surface area contributed by atoms with Gasteiger partial charge < -0.3 is 5.73 Å². The maximum Gasteiger partial charge on any atom is 0.0174 e. The van der Waals surface area contributed by atoms with E-state index in [2.05, 4.69) is 11.9 Å². The van der Waals surface area contributed by atoms with Crippen LogP contribution in [0.1, 0.15) is 25.7 Å². The third-order valence-electron chi connectivity index (χ3n) is 2.85. The highest BCUT2D eigenvalue weighted by Crippen LogP contribution is 2.20. The van der Waals surface area contributed by atoms with E-state index < -0.39 is 0 Å². The molecule has 0 amide bonds. The van der Waals surface area contributed by atoms with Gasteiger partial charge in [0.1, 0.15) is 0 Å². The lowest BCUT2D eigenvalue weighted by atomic mass is 9.91. The number of likely N-dealkylation sites (N-methyl/N-ethyl adjacent to an activating group) is 1. The number of hydrogen-bond acceptors (Lipinski definition) is 2. The van der Waals surface area contributed by atoms with E-state index in [1.807, 2.05) is 6.08 Å². The molecule has 0 spiro atoms. The van der Waals surface area contributed by atoms with Crippen LogP contribution < -0.4 is 5.73 Å². The summed E-state index contributed by atoms with van der Waals surface area (Å²) in [6.45, 7) is 0.948. The van der Waals surface area contributed by atoms with Crippen LogP contribution in [0.2, 0.25) is 0 Å². The van der Waals surface area contributed by atoms with Crippen LogP contribution in [-0.4, -0.2) is 30.6 Å². The second kappa shape index (κ2) is 5.63. The van der Waals surface area contributed by atoms with Crippen LogP contribution in [0, 0.1) is 0 Å². The highest BCUT2D eigenvalue weighted by Gasteiger charge is 2.20. The van der Waals surface area contributed by atoms with Gasteiger partial charge in [0.15, 0.2) is 0 Å². The van der Waals surface area contributed by atoms with Gasteiger partial charge in [0.25, 0.3) is 0 Å². The zero-order valence-corrected chi connectivity index (χ0v) is 9.00. The summed E-state index contributed by atoms with van der Waals surface area (Å²) in [5, 5.41) is 0. The smallest absolute Gasteiger partial charge is 0.0174 e. The predicted molar refractivity (Wildman–Crippen MR) is 57.9 cm³/mol. The Balaban J connectivity index is 2.27. The minimum atomic E-state index is 0.438. The lowest BCUT2D eigenvalue weighted by Gasteiger charge is -2.32. The zero-order chi connectivity index (χ0) is 9.68. The van der Waals surface area contributed by atoms with Gasteiger partial charge in [0, 0.05) is 24.2 Å². The Morgan fingerprint density at radius 2 is 2.00 bits per heavy atom. The lowest BCUT2D eigenvalue weighted by Crippen LogP contribution is -2.38. The normalized spacial score (nSPS) is 30.2. The van der Waals surface area contributed by atoms with Gasteiger partial charge in [-0.2, -0.15) is 0 Å². The van der Waals surface area contributed by atoms with Gasteiger partial charge in [0.2, 0.25) is 0 Å². The monoisotopic (exact) mass is 202 g/mol. The molecule has 1 fully saturated rings. The number of hydrogen-bond donors (Lipinski definition) is 1. The number of halogens is 1. The highest BCUT2D eigenvalue weighted by molar-refractivity contribution is 6.25. The quantitative estimate of drug-likeness (QED) is 0.758. The standard InChI is InChI=1S/C10H19ClN2/c1-13(8-2-7-11)10-5-3-9(12)4-6-10/h2,7,9-10H,3-6,8,12H2,1H3. The first-order valence-electron chi connectivity index (χ1n) is 4.95. The van der Waals surface area contributed by atoms with E-state index in [4.69, 9.17) is 17.3 Å². The summed E-state index contributed by atoms with van der Waals surface area (Å²) in [5.41, 5.74) is 7.43. The summed E-state index contributed by atoms with van der Waals surface area (Å²) >= 11 is 5.48. The second-order valence-electron chi connectivity index (χ2n) is 3.87. The zero-order valence-electron chi connectivity index (χ0n) is 8.25. The van der Waals surface area contributed by atoms with Crippen molar-refractivity contribution in [3.05, 3.63) is 11.6 Å². The van der Waals surface area contributed by atoms with E-state index in [-0.39, 0.29) is 0 Å². The third-order valence-corrected chi connectivity index (χ3v) is 3.03. The van der Waals surface area contributed by atoms with Crippen molar-refractivity contribution >= 4 is 11.6 Å². The van der Waals surface area contributed by atoms with Crippen LogP contribution in [0.15, 0.2) is 11.6 Å². The molecule has 76 valence electrons. The minimum absolute atomic E-state index is 0.438. The summed E-state index contributed by atoms with van der Waals surface area (Å²) in [4.78, 5) is 2.35. The van der Waals surface area contributed by atoms with Gasteiger partial charge in [-0.05, 0) is 32.7 Å². The Hall–Kier alpha value is -0.0500. The lowest BCUT2D eigenvalue weighted by molar-refractivity contribution is 0.199. The molecule has 1 saturated carbocycles. The van der Waals surface area contributed by atoms with Crippen LogP contribution in [-0.2, 0) is 0 Å². The van der Waals surface area contributed by atoms with Crippen molar-refractivity contribution in [1.82, 2.24) is 4.90 Å². The highest BCUT2D eigenvalue weighted by atomic mass is 35.5. The molecule has 0 aromatic carbocycles. The Kier molecular flexibility index (Phi) is 4.78. The van der Waals surface area contributed by atoms with E-state index in [1.54, 1.807) is 5.54 Å². The molecule has 13 heavy (non-hydrogen) atoms. The molecule has 1 rings (SSSR count). The fraction of sp³-hybridized carbons (Fsp3) is 0.800. The van der Waals surface area contributed by atoms with Gasteiger partial charge >= 0.3 is 0 Å². The molecule has 0 heterocycles. The first-order chi connectivity index (χ1) is 6.24. The maximum absolute atomic E-state index is 5.84. The molecule has 1 aliphatic rings. The molecule has 3 heteroatoms. The van der Waals surface area contributed by atoms with E-state index in [0.717, 1.165) is 6.54 Å². The number of rotatable bonds is 3. The van der Waals surface area contributed by atoms with Crippen LogP contribution in [0.5, 0.6) is 0 Å². The summed E-state index contributed by atoms with van der Waals surface area (Å²) in [5.74, 6) is 0. The molecule has 0 aromatic rings. The van der Waals surface area contributed by atoms with Crippen molar-refractivity contribution in [2.24, 2.45) is 5.73 Å². The van der Waals surface area contributed by atoms with Gasteiger partial charge in [-0.25, -0.2) is 0 Å². The molecule has 0 atom stereocenters. The van der Waals surface area contributed by atoms with Crippen LogP contribution in [0.25, 0.3) is 0 Å². The fourth-order valence-electron chi connectivity index (χ4n) is 1.90. The third kappa shape index (κ3) is 3.67. The van der Waals surface area contributed by atoms with Crippen molar-refractivity contribution in [1.29, 1.82) is 0 Å². The molecular formula is C10H19ClN2. The van der Waals surface area contributed by atoms with E-state index in [9.17, 15) is 0 Å². The van der Waals surface area contributed by atoms with Crippen LogP contribution >= 0.6 is 11.6 Å². The first-order valence-corrected chi connectivity index (χ1v) is 5.38. The Labute approximate surface area is 85.7 Å². The van der Waals surface area contributed by atoms with E-state index in [1.165, 1.54) is 25.7 Å². The van der Waals surface area contributed by atoms with Gasteiger partial charge in [0.05, 0.1) is 0 Å². The summed E-state index contributed by atoms with van der Waals surface area (Å²) in [6.07, 6.45) is 6.77.